The van der Waals surface area contributed by atoms with Gasteiger partial charge in [0.25, 0.3) is 0 Å². The standard InChI is InChI=1S/C19H28ClF2N5O3/c1-23-19(25-12-14-11-15(20)3-4-16(14)30-18(21)22)27-8-6-26(7-9-27)13-17(28)24-5-10-29-2/h3-4,11,18H,5-10,12-13H2,1-2H3,(H,23,25)(H,24,28). The number of aliphatic imine (C=N–C) groups is 1. The van der Waals surface area contributed by atoms with Crippen molar-refractivity contribution in [3.63, 3.8) is 0 Å². The summed E-state index contributed by atoms with van der Waals surface area (Å²) in [5.41, 5.74) is 0.510. The lowest BCUT2D eigenvalue weighted by Gasteiger charge is -2.36. The summed E-state index contributed by atoms with van der Waals surface area (Å²) in [6.07, 6.45) is 0. The summed E-state index contributed by atoms with van der Waals surface area (Å²) in [6.45, 7) is 1.40. The van der Waals surface area contributed by atoms with Gasteiger partial charge in [-0.05, 0) is 18.2 Å². The van der Waals surface area contributed by atoms with Gasteiger partial charge in [0, 0.05) is 64.0 Å². The number of carbonyl (C=O) groups is 1. The van der Waals surface area contributed by atoms with Crippen LogP contribution in [-0.2, 0) is 16.1 Å². The number of hydrogen-bond donors (Lipinski definition) is 2. The molecule has 1 fully saturated rings. The van der Waals surface area contributed by atoms with Gasteiger partial charge < -0.3 is 25.0 Å². The number of methoxy groups -OCH3 is 1. The summed E-state index contributed by atoms with van der Waals surface area (Å²) >= 11 is 5.99. The van der Waals surface area contributed by atoms with E-state index >= 15 is 0 Å². The van der Waals surface area contributed by atoms with E-state index < -0.39 is 6.61 Å². The Balaban J connectivity index is 1.84. The van der Waals surface area contributed by atoms with Crippen LogP contribution in [-0.4, -0.2) is 88.3 Å². The summed E-state index contributed by atoms with van der Waals surface area (Å²) in [5, 5.41) is 6.40. The zero-order valence-corrected chi connectivity index (χ0v) is 17.9. The summed E-state index contributed by atoms with van der Waals surface area (Å²) < 4.78 is 34.7. The second kappa shape index (κ2) is 12.5. The lowest BCUT2D eigenvalue weighted by atomic mass is 10.2. The normalized spacial score (nSPS) is 15.4. The Morgan fingerprint density at radius 2 is 2.00 bits per heavy atom. The number of carbonyl (C=O) groups excluding carboxylic acids is 1. The average Bonchev–Trinajstić information content (AvgIpc) is 2.71. The fourth-order valence-electron chi connectivity index (χ4n) is 3.07. The van der Waals surface area contributed by atoms with E-state index in [0.29, 0.717) is 62.4 Å². The molecule has 8 nitrogen and oxygen atoms in total. The molecule has 168 valence electrons. The van der Waals surface area contributed by atoms with Crippen LogP contribution in [0.2, 0.25) is 5.02 Å². The summed E-state index contributed by atoms with van der Waals surface area (Å²) in [7, 11) is 3.25. The smallest absolute Gasteiger partial charge is 0.387 e. The highest BCUT2D eigenvalue weighted by molar-refractivity contribution is 6.30. The molecule has 11 heteroatoms. The highest BCUT2D eigenvalue weighted by Gasteiger charge is 2.21. The van der Waals surface area contributed by atoms with E-state index in [1.165, 1.54) is 12.1 Å². The van der Waals surface area contributed by atoms with Crippen LogP contribution in [0.1, 0.15) is 5.56 Å². The lowest BCUT2D eigenvalue weighted by Crippen LogP contribution is -2.54. The number of nitrogens with zero attached hydrogens (tertiary/aromatic N) is 3. The van der Waals surface area contributed by atoms with E-state index in [9.17, 15) is 13.6 Å². The summed E-state index contributed by atoms with van der Waals surface area (Å²) in [6, 6.07) is 4.51. The Hall–Kier alpha value is -2.17. The maximum atomic E-state index is 12.6. The number of nitrogens with one attached hydrogen (secondary N) is 2. The lowest BCUT2D eigenvalue weighted by molar-refractivity contribution is -0.122. The molecule has 0 aromatic heterocycles. The molecule has 1 amide bonds. The van der Waals surface area contributed by atoms with Crippen molar-refractivity contribution < 1.29 is 23.0 Å². The number of halogens is 3. The summed E-state index contributed by atoms with van der Waals surface area (Å²) in [5.74, 6) is 0.680. The molecule has 1 aromatic rings. The quantitative estimate of drug-likeness (QED) is 0.338. The predicted octanol–water partition coefficient (Wildman–Crippen LogP) is 1.40. The van der Waals surface area contributed by atoms with Crippen LogP contribution in [0.4, 0.5) is 8.78 Å². The van der Waals surface area contributed by atoms with Crippen molar-refractivity contribution in [2.75, 3.05) is 60.0 Å². The van der Waals surface area contributed by atoms with Gasteiger partial charge in [0.1, 0.15) is 5.75 Å². The predicted molar refractivity (Wildman–Crippen MR) is 111 cm³/mol. The molecule has 0 unspecified atom stereocenters. The zero-order valence-electron chi connectivity index (χ0n) is 17.2. The van der Waals surface area contributed by atoms with Crippen LogP contribution in [0.25, 0.3) is 0 Å². The minimum absolute atomic E-state index is 0.0319. The van der Waals surface area contributed by atoms with Gasteiger partial charge in [-0.25, -0.2) is 0 Å². The highest BCUT2D eigenvalue weighted by Crippen LogP contribution is 2.24. The van der Waals surface area contributed by atoms with Crippen LogP contribution in [0.3, 0.4) is 0 Å². The molecular formula is C19H28ClF2N5O3. The van der Waals surface area contributed by atoms with Crippen molar-refractivity contribution in [1.29, 1.82) is 0 Å². The molecule has 30 heavy (non-hydrogen) atoms. The van der Waals surface area contributed by atoms with Crippen molar-refractivity contribution in [2.45, 2.75) is 13.2 Å². The second-order valence-corrected chi connectivity index (χ2v) is 7.07. The van der Waals surface area contributed by atoms with Crippen molar-refractivity contribution in [3.8, 4) is 5.75 Å². The maximum absolute atomic E-state index is 12.6. The molecule has 0 aliphatic carbocycles. The van der Waals surface area contributed by atoms with E-state index in [2.05, 4.69) is 30.2 Å². The van der Waals surface area contributed by atoms with E-state index in [1.54, 1.807) is 20.2 Å². The first-order valence-corrected chi connectivity index (χ1v) is 9.97. The third-order valence-electron chi connectivity index (χ3n) is 4.55. The molecule has 1 aliphatic rings. The van der Waals surface area contributed by atoms with Gasteiger partial charge >= 0.3 is 6.61 Å². The number of benzene rings is 1. The van der Waals surface area contributed by atoms with E-state index in [1.807, 2.05) is 0 Å². The molecular weight excluding hydrogens is 420 g/mol. The highest BCUT2D eigenvalue weighted by atomic mass is 35.5. The zero-order chi connectivity index (χ0) is 21.9. The van der Waals surface area contributed by atoms with Crippen molar-refractivity contribution in [2.24, 2.45) is 4.99 Å². The molecule has 0 radical (unpaired) electrons. The fraction of sp³-hybridized carbons (Fsp3) is 0.579. The van der Waals surface area contributed by atoms with Gasteiger partial charge in [0.05, 0.1) is 13.2 Å². The van der Waals surface area contributed by atoms with Gasteiger partial charge in [-0.3, -0.25) is 14.7 Å². The number of hydrogen-bond acceptors (Lipinski definition) is 5. The van der Waals surface area contributed by atoms with Crippen LogP contribution in [0, 0.1) is 0 Å². The summed E-state index contributed by atoms with van der Waals surface area (Å²) in [4.78, 5) is 20.3. The Labute approximate surface area is 180 Å². The van der Waals surface area contributed by atoms with Crippen LogP contribution >= 0.6 is 11.6 Å². The molecule has 0 bridgehead atoms. The Bertz CT molecular complexity index is 715. The first-order chi connectivity index (χ1) is 14.4. The Kier molecular flexibility index (Phi) is 10.0. The molecule has 0 spiro atoms. The molecule has 2 rings (SSSR count). The van der Waals surface area contributed by atoms with Crippen LogP contribution < -0.4 is 15.4 Å². The number of alkyl halides is 2. The third-order valence-corrected chi connectivity index (χ3v) is 4.79. The average molecular weight is 448 g/mol. The fourth-order valence-corrected chi connectivity index (χ4v) is 3.27. The van der Waals surface area contributed by atoms with E-state index in [-0.39, 0.29) is 18.2 Å². The monoisotopic (exact) mass is 447 g/mol. The maximum Gasteiger partial charge on any atom is 0.387 e. The van der Waals surface area contributed by atoms with Gasteiger partial charge in [-0.1, -0.05) is 11.6 Å². The topological polar surface area (TPSA) is 78.4 Å². The van der Waals surface area contributed by atoms with Gasteiger partial charge in [-0.15, -0.1) is 0 Å². The molecule has 0 saturated carbocycles. The Morgan fingerprint density at radius 3 is 2.63 bits per heavy atom. The number of guanidine groups is 1. The largest absolute Gasteiger partial charge is 0.434 e. The minimum Gasteiger partial charge on any atom is -0.434 e. The van der Waals surface area contributed by atoms with Crippen molar-refractivity contribution in [1.82, 2.24) is 20.4 Å². The molecule has 1 saturated heterocycles. The van der Waals surface area contributed by atoms with Gasteiger partial charge in [0.2, 0.25) is 5.91 Å². The number of rotatable bonds is 9. The molecule has 1 aliphatic heterocycles. The molecule has 1 aromatic carbocycles. The van der Waals surface area contributed by atoms with Gasteiger partial charge in [-0.2, -0.15) is 8.78 Å². The van der Waals surface area contributed by atoms with E-state index in [4.69, 9.17) is 16.3 Å². The third kappa shape index (κ3) is 7.92. The number of ether oxygens (including phenoxy) is 2. The number of amides is 1. The van der Waals surface area contributed by atoms with Crippen LogP contribution in [0.5, 0.6) is 5.75 Å². The molecule has 1 heterocycles. The van der Waals surface area contributed by atoms with Crippen LogP contribution in [0.15, 0.2) is 23.2 Å². The van der Waals surface area contributed by atoms with Crippen molar-refractivity contribution in [3.05, 3.63) is 28.8 Å². The van der Waals surface area contributed by atoms with Crippen molar-refractivity contribution >= 4 is 23.5 Å². The molecule has 2 N–H and O–H groups in total. The second-order valence-electron chi connectivity index (χ2n) is 6.64. The van der Waals surface area contributed by atoms with E-state index in [0.717, 1.165) is 0 Å². The minimum atomic E-state index is -2.91. The first kappa shape index (κ1) is 24.1. The SMILES string of the molecule is CN=C(NCc1cc(Cl)ccc1OC(F)F)N1CCN(CC(=O)NCCOC)CC1. The Morgan fingerprint density at radius 1 is 1.27 bits per heavy atom. The first-order valence-electron chi connectivity index (χ1n) is 9.59. The molecule has 0 atom stereocenters. The van der Waals surface area contributed by atoms with Gasteiger partial charge in [0.15, 0.2) is 5.96 Å². The number of piperazine rings is 1.